The maximum Gasteiger partial charge on any atom is 0.0543 e. The summed E-state index contributed by atoms with van der Waals surface area (Å²) in [5, 5.41) is 0. The molecule has 0 fully saturated rings. The van der Waals surface area contributed by atoms with E-state index in [1.165, 1.54) is 23.7 Å². The van der Waals surface area contributed by atoms with Crippen LogP contribution in [0.3, 0.4) is 0 Å². The maximum absolute atomic E-state index is 5.16. The molecule has 0 heterocycles. The van der Waals surface area contributed by atoms with Gasteiger partial charge in [0.2, 0.25) is 0 Å². The van der Waals surface area contributed by atoms with Gasteiger partial charge in [0.25, 0.3) is 0 Å². The van der Waals surface area contributed by atoms with Crippen molar-refractivity contribution in [2.45, 2.75) is 39.2 Å². The van der Waals surface area contributed by atoms with Gasteiger partial charge < -0.3 is 4.74 Å². The first-order chi connectivity index (χ1) is 5.20. The van der Waals surface area contributed by atoms with Crippen LogP contribution in [0, 0.1) is 5.92 Å². The Morgan fingerprint density at radius 1 is 1.27 bits per heavy atom. The van der Waals surface area contributed by atoms with Gasteiger partial charge in [-0.05, 0) is 25.7 Å². The zero-order chi connectivity index (χ0) is 8.69. The Hall–Kier alpha value is 0.690. The minimum Gasteiger partial charge on any atom is -0.382 e. The molecular weight excluding hydrogens is 251 g/mol. The number of hydrogen-bond donors (Lipinski definition) is 0. The molecule has 0 aliphatic carbocycles. The normalized spacial score (nSPS) is 16.4. The molecule has 0 saturated carbocycles. The lowest BCUT2D eigenvalue weighted by molar-refractivity contribution is 0.108. The lowest BCUT2D eigenvalue weighted by Gasteiger charge is -2.10. The smallest absolute Gasteiger partial charge is 0.0543 e. The van der Waals surface area contributed by atoms with E-state index in [9.17, 15) is 0 Å². The van der Waals surface area contributed by atoms with E-state index < -0.39 is 0 Å². The Morgan fingerprint density at radius 2 is 1.91 bits per heavy atom. The molecule has 0 aliphatic rings. The summed E-state index contributed by atoms with van der Waals surface area (Å²) < 4.78 is 6.44. The number of methoxy groups -OCH3 is 1. The largest absolute Gasteiger partial charge is 0.382 e. The van der Waals surface area contributed by atoms with Crippen molar-refractivity contribution in [1.29, 1.82) is 0 Å². The van der Waals surface area contributed by atoms with E-state index in [-0.39, 0.29) is 0 Å². The van der Waals surface area contributed by atoms with Crippen LogP contribution in [0.1, 0.15) is 33.1 Å². The molecule has 0 spiro atoms. The number of halogens is 1. The van der Waals surface area contributed by atoms with Gasteiger partial charge in [0.15, 0.2) is 0 Å². The molecule has 2 atom stereocenters. The highest BCUT2D eigenvalue weighted by atomic mass is 127. The second-order valence-corrected chi connectivity index (χ2v) is 4.12. The highest BCUT2D eigenvalue weighted by molar-refractivity contribution is 14.1. The third kappa shape index (κ3) is 7.06. The lowest BCUT2D eigenvalue weighted by atomic mass is 10.0. The van der Waals surface area contributed by atoms with Crippen molar-refractivity contribution in [2.24, 2.45) is 5.92 Å². The maximum atomic E-state index is 5.16. The molecule has 0 N–H and O–H groups in total. The molecule has 2 heteroatoms. The number of ether oxygens (including phenoxy) is 1. The first-order valence-corrected chi connectivity index (χ1v) is 5.82. The van der Waals surface area contributed by atoms with Crippen LogP contribution in [0.25, 0.3) is 0 Å². The molecule has 0 amide bonds. The van der Waals surface area contributed by atoms with E-state index in [0.29, 0.717) is 6.10 Å². The van der Waals surface area contributed by atoms with Gasteiger partial charge in [-0.25, -0.2) is 0 Å². The van der Waals surface area contributed by atoms with Crippen molar-refractivity contribution in [3.63, 3.8) is 0 Å². The molecule has 0 rings (SSSR count). The van der Waals surface area contributed by atoms with Gasteiger partial charge in [-0.3, -0.25) is 0 Å². The highest BCUT2D eigenvalue weighted by Gasteiger charge is 2.02. The van der Waals surface area contributed by atoms with Gasteiger partial charge in [0, 0.05) is 11.5 Å². The van der Waals surface area contributed by atoms with Crippen LogP contribution in [-0.4, -0.2) is 17.6 Å². The van der Waals surface area contributed by atoms with E-state index in [2.05, 4.69) is 36.4 Å². The van der Waals surface area contributed by atoms with Crippen molar-refractivity contribution < 1.29 is 4.74 Å². The molecule has 0 aromatic rings. The highest BCUT2D eigenvalue weighted by Crippen LogP contribution is 2.12. The fourth-order valence-electron chi connectivity index (χ4n) is 0.949. The summed E-state index contributed by atoms with van der Waals surface area (Å²) in [4.78, 5) is 0. The van der Waals surface area contributed by atoms with Crippen molar-refractivity contribution >= 4 is 22.6 Å². The van der Waals surface area contributed by atoms with Crippen LogP contribution < -0.4 is 0 Å². The molecule has 0 aromatic heterocycles. The summed E-state index contributed by atoms with van der Waals surface area (Å²) in [5.74, 6) is 0.875. The fourth-order valence-corrected chi connectivity index (χ4v) is 1.39. The Morgan fingerprint density at radius 3 is 2.36 bits per heavy atom. The van der Waals surface area contributed by atoms with E-state index in [1.54, 1.807) is 7.11 Å². The molecule has 0 bridgehead atoms. The van der Waals surface area contributed by atoms with Crippen LogP contribution >= 0.6 is 22.6 Å². The first kappa shape index (κ1) is 11.7. The standard InChI is InChI=1S/C9H19IO/c1-8(7-10)5-4-6-9(2)11-3/h8-9H,4-7H2,1-3H3/t8-,9?/m1/s1. The molecule has 0 radical (unpaired) electrons. The average Bonchev–Trinajstić information content (AvgIpc) is 2.04. The fraction of sp³-hybridized carbons (Fsp3) is 1.00. The van der Waals surface area contributed by atoms with Crippen molar-refractivity contribution in [3.8, 4) is 0 Å². The minimum absolute atomic E-state index is 0.441. The number of hydrogen-bond acceptors (Lipinski definition) is 1. The van der Waals surface area contributed by atoms with Crippen LogP contribution in [0.5, 0.6) is 0 Å². The van der Waals surface area contributed by atoms with Gasteiger partial charge in [0.1, 0.15) is 0 Å². The van der Waals surface area contributed by atoms with Crippen LogP contribution in [0.2, 0.25) is 0 Å². The SMILES string of the molecule is COC(C)CCC[C@@H](C)CI. The quantitative estimate of drug-likeness (QED) is 0.531. The Balaban J connectivity index is 3.13. The van der Waals surface area contributed by atoms with Gasteiger partial charge in [0.05, 0.1) is 6.10 Å². The van der Waals surface area contributed by atoms with Gasteiger partial charge in [-0.15, -0.1) is 0 Å². The second-order valence-electron chi connectivity index (χ2n) is 3.24. The zero-order valence-electron chi connectivity index (χ0n) is 7.77. The summed E-state index contributed by atoms with van der Waals surface area (Å²) in [7, 11) is 1.78. The van der Waals surface area contributed by atoms with Crippen molar-refractivity contribution in [1.82, 2.24) is 0 Å². The van der Waals surface area contributed by atoms with Gasteiger partial charge in [-0.1, -0.05) is 35.9 Å². The predicted octanol–water partition coefficient (Wildman–Crippen LogP) is 3.26. The van der Waals surface area contributed by atoms with Crippen molar-refractivity contribution in [3.05, 3.63) is 0 Å². The van der Waals surface area contributed by atoms with Crippen LogP contribution in [-0.2, 0) is 4.74 Å². The Labute approximate surface area is 84.0 Å². The summed E-state index contributed by atoms with van der Waals surface area (Å²) in [6.07, 6.45) is 4.30. The summed E-state index contributed by atoms with van der Waals surface area (Å²) >= 11 is 2.45. The minimum atomic E-state index is 0.441. The van der Waals surface area contributed by atoms with E-state index in [4.69, 9.17) is 4.74 Å². The molecule has 1 nitrogen and oxygen atoms in total. The number of alkyl halides is 1. The average molecular weight is 270 g/mol. The molecule has 1 unspecified atom stereocenters. The molecule has 11 heavy (non-hydrogen) atoms. The summed E-state index contributed by atoms with van der Waals surface area (Å²) in [6, 6.07) is 0. The van der Waals surface area contributed by atoms with Gasteiger partial charge >= 0.3 is 0 Å². The van der Waals surface area contributed by atoms with E-state index in [1.807, 2.05) is 0 Å². The second kappa shape index (κ2) is 7.35. The Kier molecular flexibility index (Phi) is 7.81. The summed E-state index contributed by atoms with van der Waals surface area (Å²) in [5.41, 5.74) is 0. The van der Waals surface area contributed by atoms with Gasteiger partial charge in [-0.2, -0.15) is 0 Å². The summed E-state index contributed by atoms with van der Waals surface area (Å²) in [6.45, 7) is 4.44. The van der Waals surface area contributed by atoms with E-state index >= 15 is 0 Å². The predicted molar refractivity (Wildman–Crippen MR) is 58.4 cm³/mol. The molecule has 0 aliphatic heterocycles. The zero-order valence-corrected chi connectivity index (χ0v) is 9.93. The topological polar surface area (TPSA) is 9.23 Å². The van der Waals surface area contributed by atoms with Crippen LogP contribution in [0.4, 0.5) is 0 Å². The molecular formula is C9H19IO. The third-order valence-electron chi connectivity index (χ3n) is 1.97. The van der Waals surface area contributed by atoms with Crippen molar-refractivity contribution in [2.75, 3.05) is 11.5 Å². The molecule has 0 aromatic carbocycles. The van der Waals surface area contributed by atoms with Crippen LogP contribution in [0.15, 0.2) is 0 Å². The number of rotatable bonds is 6. The van der Waals surface area contributed by atoms with E-state index in [0.717, 1.165) is 5.92 Å². The molecule has 68 valence electrons. The lowest BCUT2D eigenvalue weighted by Crippen LogP contribution is -2.05. The Bertz CT molecular complexity index is 75.6. The first-order valence-electron chi connectivity index (χ1n) is 4.29. The monoisotopic (exact) mass is 270 g/mol. The molecule has 0 saturated heterocycles. The third-order valence-corrected chi connectivity index (χ3v) is 3.48.